The Bertz CT molecular complexity index is 864. The first-order valence-corrected chi connectivity index (χ1v) is 9.64. The lowest BCUT2D eigenvalue weighted by Gasteiger charge is -2.53. The molecule has 6 heteroatoms. The second-order valence-corrected chi connectivity index (χ2v) is 8.34. The minimum absolute atomic E-state index is 0.117. The standard InChI is InChI=1S/C21H28N2O4/c1-13-18(19(24)25)16-7-5-6-8-17(16)23(13)14(2)20-26-11-15(12-27-20)22-10-9-21(22,3)4/h5-8,14-15,20H,9-12H2,1-4H3,(H,24,25). The van der Waals surface area contributed by atoms with E-state index in [0.29, 0.717) is 18.8 Å². The summed E-state index contributed by atoms with van der Waals surface area (Å²) in [6.45, 7) is 10.8. The molecular formula is C21H28N2O4. The number of rotatable bonds is 4. The highest BCUT2D eigenvalue weighted by Gasteiger charge is 2.43. The Morgan fingerprint density at radius 2 is 1.93 bits per heavy atom. The fourth-order valence-electron chi connectivity index (χ4n) is 4.64. The molecule has 0 bridgehead atoms. The summed E-state index contributed by atoms with van der Waals surface area (Å²) in [5, 5.41) is 10.4. The molecule has 2 aliphatic rings. The van der Waals surface area contributed by atoms with Crippen LogP contribution in [0.4, 0.5) is 0 Å². The number of hydrogen-bond acceptors (Lipinski definition) is 4. The van der Waals surface area contributed by atoms with E-state index >= 15 is 0 Å². The summed E-state index contributed by atoms with van der Waals surface area (Å²) in [7, 11) is 0. The molecule has 0 spiro atoms. The van der Waals surface area contributed by atoms with Crippen LogP contribution in [0, 0.1) is 6.92 Å². The summed E-state index contributed by atoms with van der Waals surface area (Å²) in [5.74, 6) is -0.903. The van der Waals surface area contributed by atoms with Crippen molar-refractivity contribution in [2.75, 3.05) is 19.8 Å². The maximum absolute atomic E-state index is 11.8. The Kier molecular flexibility index (Phi) is 4.53. The number of ether oxygens (including phenoxy) is 2. The molecule has 2 fully saturated rings. The van der Waals surface area contributed by atoms with Gasteiger partial charge >= 0.3 is 5.97 Å². The van der Waals surface area contributed by atoms with Gasteiger partial charge in [-0.1, -0.05) is 18.2 Å². The van der Waals surface area contributed by atoms with E-state index in [9.17, 15) is 9.90 Å². The van der Waals surface area contributed by atoms with Crippen molar-refractivity contribution < 1.29 is 19.4 Å². The molecule has 0 amide bonds. The highest BCUT2D eigenvalue weighted by atomic mass is 16.7. The molecule has 2 saturated heterocycles. The summed E-state index contributed by atoms with van der Waals surface area (Å²) < 4.78 is 14.2. The van der Waals surface area contributed by atoms with E-state index in [1.807, 2.05) is 42.7 Å². The Balaban J connectivity index is 1.57. The summed E-state index contributed by atoms with van der Waals surface area (Å²) in [6, 6.07) is 7.79. The minimum atomic E-state index is -0.903. The van der Waals surface area contributed by atoms with Crippen LogP contribution in [0.3, 0.4) is 0 Å². The predicted molar refractivity (Wildman–Crippen MR) is 103 cm³/mol. The largest absolute Gasteiger partial charge is 0.478 e. The number of nitrogens with zero attached hydrogens (tertiary/aromatic N) is 2. The molecule has 1 unspecified atom stereocenters. The van der Waals surface area contributed by atoms with Crippen molar-refractivity contribution >= 4 is 16.9 Å². The lowest BCUT2D eigenvalue weighted by molar-refractivity contribution is -0.236. The fraction of sp³-hybridized carbons (Fsp3) is 0.571. The predicted octanol–water partition coefficient (Wildman–Crippen LogP) is 3.43. The average molecular weight is 372 g/mol. The van der Waals surface area contributed by atoms with Crippen molar-refractivity contribution in [3.05, 3.63) is 35.5 Å². The maximum Gasteiger partial charge on any atom is 0.338 e. The van der Waals surface area contributed by atoms with Gasteiger partial charge in [-0.3, -0.25) is 4.90 Å². The zero-order valence-corrected chi connectivity index (χ0v) is 16.4. The minimum Gasteiger partial charge on any atom is -0.478 e. The first-order chi connectivity index (χ1) is 12.8. The number of carboxylic acids is 1. The zero-order valence-electron chi connectivity index (χ0n) is 16.4. The smallest absolute Gasteiger partial charge is 0.338 e. The summed E-state index contributed by atoms with van der Waals surface area (Å²) >= 11 is 0. The zero-order chi connectivity index (χ0) is 19.3. The number of benzene rings is 1. The second kappa shape index (κ2) is 6.62. The average Bonchev–Trinajstić information content (AvgIpc) is 2.93. The molecule has 6 nitrogen and oxygen atoms in total. The van der Waals surface area contributed by atoms with Crippen LogP contribution in [0.2, 0.25) is 0 Å². The van der Waals surface area contributed by atoms with Gasteiger partial charge in [-0.2, -0.15) is 0 Å². The van der Waals surface area contributed by atoms with Gasteiger partial charge in [0.15, 0.2) is 6.29 Å². The van der Waals surface area contributed by atoms with E-state index < -0.39 is 5.97 Å². The molecule has 2 aromatic rings. The molecule has 0 saturated carbocycles. The normalized spacial score (nSPS) is 26.7. The molecule has 3 heterocycles. The highest BCUT2D eigenvalue weighted by Crippen LogP contribution is 2.35. The van der Waals surface area contributed by atoms with Gasteiger partial charge in [0.2, 0.25) is 0 Å². The first kappa shape index (κ1) is 18.5. The Morgan fingerprint density at radius 1 is 1.26 bits per heavy atom. The molecule has 0 radical (unpaired) electrons. The third kappa shape index (κ3) is 2.96. The topological polar surface area (TPSA) is 63.9 Å². The van der Waals surface area contributed by atoms with Crippen molar-refractivity contribution in [1.82, 2.24) is 9.47 Å². The van der Waals surface area contributed by atoms with Crippen LogP contribution in [0.15, 0.2) is 24.3 Å². The number of aromatic nitrogens is 1. The van der Waals surface area contributed by atoms with Crippen LogP contribution >= 0.6 is 0 Å². The third-order valence-electron chi connectivity index (χ3n) is 6.26. The molecule has 1 N–H and O–H groups in total. The van der Waals surface area contributed by atoms with Crippen molar-refractivity contribution in [3.63, 3.8) is 0 Å². The van der Waals surface area contributed by atoms with E-state index in [-0.39, 0.29) is 23.9 Å². The number of aromatic carboxylic acids is 1. The maximum atomic E-state index is 11.8. The summed E-state index contributed by atoms with van der Waals surface area (Å²) in [4.78, 5) is 14.2. The van der Waals surface area contributed by atoms with Crippen LogP contribution < -0.4 is 0 Å². The quantitative estimate of drug-likeness (QED) is 0.891. The van der Waals surface area contributed by atoms with Gasteiger partial charge in [0.25, 0.3) is 0 Å². The van der Waals surface area contributed by atoms with Gasteiger partial charge < -0.3 is 19.1 Å². The van der Waals surface area contributed by atoms with Crippen LogP contribution in [0.1, 0.15) is 49.3 Å². The van der Waals surface area contributed by atoms with E-state index in [2.05, 4.69) is 18.7 Å². The lowest BCUT2D eigenvalue weighted by atomic mass is 9.87. The molecular weight excluding hydrogens is 344 g/mol. The van der Waals surface area contributed by atoms with Crippen LogP contribution in [-0.2, 0) is 9.47 Å². The summed E-state index contributed by atoms with van der Waals surface area (Å²) in [5.41, 5.74) is 2.21. The number of carbonyl (C=O) groups is 1. The lowest BCUT2D eigenvalue weighted by Crippen LogP contribution is -2.64. The van der Waals surface area contributed by atoms with Crippen LogP contribution in [0.5, 0.6) is 0 Å². The molecule has 0 aliphatic carbocycles. The molecule has 1 aromatic heterocycles. The Hall–Kier alpha value is -1.89. The second-order valence-electron chi connectivity index (χ2n) is 8.34. The Labute approximate surface area is 159 Å². The number of likely N-dealkylation sites (tertiary alicyclic amines) is 1. The molecule has 1 atom stereocenters. The molecule has 2 aliphatic heterocycles. The fourth-order valence-corrected chi connectivity index (χ4v) is 4.64. The SMILES string of the molecule is Cc1c(C(=O)O)c2ccccc2n1C(C)C1OCC(N2CCC2(C)C)CO1. The van der Waals surface area contributed by atoms with E-state index in [1.165, 1.54) is 6.42 Å². The van der Waals surface area contributed by atoms with E-state index in [0.717, 1.165) is 23.1 Å². The van der Waals surface area contributed by atoms with Gasteiger partial charge in [0.1, 0.15) is 0 Å². The monoisotopic (exact) mass is 372 g/mol. The van der Waals surface area contributed by atoms with E-state index in [1.54, 1.807) is 0 Å². The van der Waals surface area contributed by atoms with Crippen molar-refractivity contribution in [3.8, 4) is 0 Å². The van der Waals surface area contributed by atoms with Gasteiger partial charge in [-0.25, -0.2) is 4.79 Å². The van der Waals surface area contributed by atoms with Crippen molar-refractivity contribution in [1.29, 1.82) is 0 Å². The number of fused-ring (bicyclic) bond motifs is 1. The summed E-state index contributed by atoms with van der Waals surface area (Å²) in [6.07, 6.45) is 0.817. The van der Waals surface area contributed by atoms with Gasteiger partial charge in [-0.15, -0.1) is 0 Å². The van der Waals surface area contributed by atoms with E-state index in [4.69, 9.17) is 9.47 Å². The number of carboxylic acid groups (broad SMARTS) is 1. The van der Waals surface area contributed by atoms with Crippen LogP contribution in [-0.4, -0.2) is 58.2 Å². The molecule has 27 heavy (non-hydrogen) atoms. The highest BCUT2D eigenvalue weighted by molar-refractivity contribution is 6.05. The Morgan fingerprint density at radius 3 is 2.48 bits per heavy atom. The number of hydrogen-bond donors (Lipinski definition) is 1. The third-order valence-corrected chi connectivity index (χ3v) is 6.26. The van der Waals surface area contributed by atoms with Crippen molar-refractivity contribution in [2.45, 2.75) is 58.0 Å². The number of para-hydroxylation sites is 1. The van der Waals surface area contributed by atoms with Crippen molar-refractivity contribution in [2.24, 2.45) is 0 Å². The van der Waals surface area contributed by atoms with Gasteiger partial charge in [0.05, 0.1) is 30.9 Å². The van der Waals surface area contributed by atoms with Crippen LogP contribution in [0.25, 0.3) is 10.9 Å². The van der Waals surface area contributed by atoms with Gasteiger partial charge in [-0.05, 0) is 40.2 Å². The first-order valence-electron chi connectivity index (χ1n) is 9.64. The molecule has 146 valence electrons. The van der Waals surface area contributed by atoms with Gasteiger partial charge in [0, 0.05) is 28.7 Å². The molecule has 4 rings (SSSR count). The molecule has 1 aromatic carbocycles.